The van der Waals surface area contributed by atoms with Gasteiger partial charge in [-0.3, -0.25) is 4.79 Å². The van der Waals surface area contributed by atoms with Gasteiger partial charge in [-0.1, -0.05) is 11.6 Å². The zero-order chi connectivity index (χ0) is 12.4. The number of aryl methyl sites for hydroxylation is 2. The molecule has 0 radical (unpaired) electrons. The molecule has 1 aromatic heterocycles. The van der Waals surface area contributed by atoms with Crippen LogP contribution in [0.25, 0.3) is 11.0 Å². The maximum absolute atomic E-state index is 11.6. The molecule has 2 rings (SSSR count). The van der Waals surface area contributed by atoms with Crippen LogP contribution in [0.2, 0.25) is 0 Å². The predicted octanol–water partition coefficient (Wildman–Crippen LogP) is 2.12. The van der Waals surface area contributed by atoms with Crippen molar-refractivity contribution in [3.05, 3.63) is 45.8 Å². The Hall–Kier alpha value is -2.10. The van der Waals surface area contributed by atoms with Gasteiger partial charge in [0.05, 0.1) is 0 Å². The summed E-state index contributed by atoms with van der Waals surface area (Å²) >= 11 is 0. The van der Waals surface area contributed by atoms with Crippen molar-refractivity contribution in [3.63, 3.8) is 0 Å². The number of carboxylic acid groups (broad SMARTS) is 1. The molecule has 0 saturated carbocycles. The van der Waals surface area contributed by atoms with Gasteiger partial charge in [-0.05, 0) is 31.5 Å². The van der Waals surface area contributed by atoms with E-state index in [-0.39, 0.29) is 12.8 Å². The number of fused-ring (bicyclic) bond motifs is 1. The third kappa shape index (κ3) is 2.53. The molecule has 1 heterocycles. The maximum Gasteiger partial charge on any atom is 0.339 e. The maximum atomic E-state index is 11.6. The van der Waals surface area contributed by atoms with Crippen LogP contribution < -0.4 is 5.63 Å². The van der Waals surface area contributed by atoms with Crippen LogP contribution >= 0.6 is 0 Å². The van der Waals surface area contributed by atoms with E-state index in [1.165, 1.54) is 0 Å². The van der Waals surface area contributed by atoms with Gasteiger partial charge in [-0.25, -0.2) is 4.79 Å². The number of benzene rings is 1. The fourth-order valence-corrected chi connectivity index (χ4v) is 1.70. The fraction of sp³-hybridized carbons (Fsp3) is 0.231. The first-order chi connectivity index (χ1) is 8.06. The van der Waals surface area contributed by atoms with E-state index in [2.05, 4.69) is 0 Å². The van der Waals surface area contributed by atoms with Crippen molar-refractivity contribution in [1.82, 2.24) is 0 Å². The Balaban J connectivity index is 2.46. The molecule has 0 saturated heterocycles. The molecule has 4 nitrogen and oxygen atoms in total. The van der Waals surface area contributed by atoms with E-state index >= 15 is 0 Å². The highest BCUT2D eigenvalue weighted by Gasteiger charge is 2.07. The van der Waals surface area contributed by atoms with Crippen LogP contribution in [0.3, 0.4) is 0 Å². The highest BCUT2D eigenvalue weighted by atomic mass is 16.4. The van der Waals surface area contributed by atoms with Crippen molar-refractivity contribution in [2.75, 3.05) is 0 Å². The van der Waals surface area contributed by atoms with E-state index < -0.39 is 11.6 Å². The Morgan fingerprint density at radius 2 is 2.12 bits per heavy atom. The molecule has 0 amide bonds. The SMILES string of the molecule is Cc1ccc2oc(=O)c(CCC(=O)O)cc2c1. The second kappa shape index (κ2) is 4.41. The summed E-state index contributed by atoms with van der Waals surface area (Å²) in [5, 5.41) is 9.41. The quantitative estimate of drug-likeness (QED) is 0.823. The average molecular weight is 232 g/mol. The number of carbonyl (C=O) groups is 1. The summed E-state index contributed by atoms with van der Waals surface area (Å²) in [6, 6.07) is 7.22. The zero-order valence-corrected chi connectivity index (χ0v) is 9.40. The fourth-order valence-electron chi connectivity index (χ4n) is 1.70. The van der Waals surface area contributed by atoms with Gasteiger partial charge in [0, 0.05) is 17.4 Å². The molecule has 88 valence electrons. The molecule has 1 aromatic carbocycles. The second-order valence-electron chi connectivity index (χ2n) is 3.99. The number of hydrogen-bond donors (Lipinski definition) is 1. The van der Waals surface area contributed by atoms with Crippen LogP contribution in [0.5, 0.6) is 0 Å². The van der Waals surface area contributed by atoms with E-state index in [9.17, 15) is 9.59 Å². The molecule has 0 spiro atoms. The van der Waals surface area contributed by atoms with Crippen LogP contribution in [-0.4, -0.2) is 11.1 Å². The second-order valence-corrected chi connectivity index (χ2v) is 3.99. The Morgan fingerprint density at radius 3 is 2.82 bits per heavy atom. The lowest BCUT2D eigenvalue weighted by atomic mass is 10.1. The minimum absolute atomic E-state index is 0.0674. The minimum atomic E-state index is -0.922. The lowest BCUT2D eigenvalue weighted by Crippen LogP contribution is -2.09. The average Bonchev–Trinajstić information content (AvgIpc) is 2.26. The minimum Gasteiger partial charge on any atom is -0.481 e. The number of rotatable bonds is 3. The summed E-state index contributed by atoms with van der Waals surface area (Å²) in [6.07, 6.45) is 0.129. The molecule has 0 fully saturated rings. The van der Waals surface area contributed by atoms with E-state index in [0.29, 0.717) is 11.1 Å². The normalized spacial score (nSPS) is 10.6. The largest absolute Gasteiger partial charge is 0.481 e. The third-order valence-electron chi connectivity index (χ3n) is 2.57. The first-order valence-electron chi connectivity index (χ1n) is 5.31. The molecule has 0 bridgehead atoms. The van der Waals surface area contributed by atoms with Crippen LogP contribution in [0.4, 0.5) is 0 Å². The number of carboxylic acids is 1. The van der Waals surface area contributed by atoms with Gasteiger partial charge in [-0.15, -0.1) is 0 Å². The molecule has 17 heavy (non-hydrogen) atoms. The van der Waals surface area contributed by atoms with Gasteiger partial charge in [0.2, 0.25) is 0 Å². The summed E-state index contributed by atoms with van der Waals surface area (Å²) < 4.78 is 5.13. The Kier molecular flexibility index (Phi) is 2.95. The smallest absolute Gasteiger partial charge is 0.339 e. The van der Waals surface area contributed by atoms with E-state index in [0.717, 1.165) is 10.9 Å². The number of hydrogen-bond acceptors (Lipinski definition) is 3. The summed E-state index contributed by atoms with van der Waals surface area (Å²) in [5.74, 6) is -0.922. The molecule has 0 aliphatic carbocycles. The molecule has 2 aromatic rings. The van der Waals surface area contributed by atoms with Gasteiger partial charge in [0.25, 0.3) is 0 Å². The highest BCUT2D eigenvalue weighted by molar-refractivity contribution is 5.77. The third-order valence-corrected chi connectivity index (χ3v) is 2.57. The van der Waals surface area contributed by atoms with Gasteiger partial charge >= 0.3 is 11.6 Å². The van der Waals surface area contributed by atoms with Gasteiger partial charge < -0.3 is 9.52 Å². The first-order valence-corrected chi connectivity index (χ1v) is 5.31. The van der Waals surface area contributed by atoms with Gasteiger partial charge in [-0.2, -0.15) is 0 Å². The predicted molar refractivity (Wildman–Crippen MR) is 63.2 cm³/mol. The van der Waals surface area contributed by atoms with Crippen molar-refractivity contribution < 1.29 is 14.3 Å². The topological polar surface area (TPSA) is 67.5 Å². The zero-order valence-electron chi connectivity index (χ0n) is 9.40. The lowest BCUT2D eigenvalue weighted by molar-refractivity contribution is -0.136. The Labute approximate surface area is 97.5 Å². The Bertz CT molecular complexity index is 625. The van der Waals surface area contributed by atoms with Crippen molar-refractivity contribution >= 4 is 16.9 Å². The summed E-state index contributed by atoms with van der Waals surface area (Å²) in [7, 11) is 0. The van der Waals surface area contributed by atoms with Crippen molar-refractivity contribution in [1.29, 1.82) is 0 Å². The van der Waals surface area contributed by atoms with Crippen molar-refractivity contribution in [2.45, 2.75) is 19.8 Å². The van der Waals surface area contributed by atoms with Gasteiger partial charge in [0.15, 0.2) is 0 Å². The summed E-state index contributed by atoms with van der Waals surface area (Å²) in [4.78, 5) is 22.0. The molecular weight excluding hydrogens is 220 g/mol. The monoisotopic (exact) mass is 232 g/mol. The van der Waals surface area contributed by atoms with E-state index in [1.807, 2.05) is 19.1 Å². The first kappa shape index (κ1) is 11.4. The molecule has 0 atom stereocenters. The van der Waals surface area contributed by atoms with Crippen LogP contribution in [-0.2, 0) is 11.2 Å². The van der Waals surface area contributed by atoms with Crippen LogP contribution in [0.15, 0.2) is 33.5 Å². The van der Waals surface area contributed by atoms with Crippen LogP contribution in [0.1, 0.15) is 17.5 Å². The van der Waals surface area contributed by atoms with Gasteiger partial charge in [0.1, 0.15) is 5.58 Å². The van der Waals surface area contributed by atoms with E-state index in [4.69, 9.17) is 9.52 Å². The number of aliphatic carboxylic acids is 1. The van der Waals surface area contributed by atoms with E-state index in [1.54, 1.807) is 12.1 Å². The molecule has 0 aliphatic rings. The highest BCUT2D eigenvalue weighted by Crippen LogP contribution is 2.15. The standard InChI is InChI=1S/C13H12O4/c1-8-2-4-11-10(6-8)7-9(13(16)17-11)3-5-12(14)15/h2,4,6-7H,3,5H2,1H3,(H,14,15). The molecule has 1 N–H and O–H groups in total. The Morgan fingerprint density at radius 1 is 1.35 bits per heavy atom. The molecular formula is C13H12O4. The molecule has 0 unspecified atom stereocenters. The van der Waals surface area contributed by atoms with Crippen LogP contribution in [0, 0.1) is 6.92 Å². The summed E-state index contributed by atoms with van der Waals surface area (Å²) in [6.45, 7) is 1.95. The van der Waals surface area contributed by atoms with Crippen molar-refractivity contribution in [3.8, 4) is 0 Å². The molecule has 0 aliphatic heterocycles. The lowest BCUT2D eigenvalue weighted by Gasteiger charge is -2.01. The molecule has 4 heteroatoms. The van der Waals surface area contributed by atoms with Crippen molar-refractivity contribution in [2.24, 2.45) is 0 Å². The summed E-state index contributed by atoms with van der Waals surface area (Å²) in [5.41, 5.74) is 1.54.